The molecule has 2 aromatic rings. The second kappa shape index (κ2) is 8.43. The lowest BCUT2D eigenvalue weighted by atomic mass is 10.00. The van der Waals surface area contributed by atoms with Crippen LogP contribution in [0.2, 0.25) is 5.02 Å². The Kier molecular flexibility index (Phi) is 5.74. The van der Waals surface area contributed by atoms with Crippen LogP contribution in [0.1, 0.15) is 30.9 Å². The summed E-state index contributed by atoms with van der Waals surface area (Å²) in [5.41, 5.74) is 4.26. The van der Waals surface area contributed by atoms with E-state index < -0.39 is 5.72 Å². The minimum Gasteiger partial charge on any atom is -0.494 e. The molecule has 1 N–H and O–H groups in total. The molecule has 152 valence electrons. The molecular weight excluding hydrogens is 390 g/mol. The summed E-state index contributed by atoms with van der Waals surface area (Å²) in [6.45, 7) is 3.82. The number of amidine groups is 1. The van der Waals surface area contributed by atoms with Gasteiger partial charge in [0.15, 0.2) is 11.6 Å². The number of halogens is 1. The Morgan fingerprint density at radius 3 is 2.52 bits per heavy atom. The highest BCUT2D eigenvalue weighted by Crippen LogP contribution is 2.31. The highest BCUT2D eigenvalue weighted by atomic mass is 35.5. The number of hydrogen-bond donors (Lipinski definition) is 1. The molecule has 29 heavy (non-hydrogen) atoms. The predicted octanol–water partition coefficient (Wildman–Crippen LogP) is 3.58. The number of nitrogens with zero attached hydrogens (tertiary/aromatic N) is 2. The number of carbonyl (C=O) groups is 1. The maximum absolute atomic E-state index is 12.7. The van der Waals surface area contributed by atoms with Crippen molar-refractivity contribution in [1.29, 1.82) is 0 Å². The highest BCUT2D eigenvalue weighted by Gasteiger charge is 2.41. The summed E-state index contributed by atoms with van der Waals surface area (Å²) in [7, 11) is 0. The van der Waals surface area contributed by atoms with Gasteiger partial charge in [0.05, 0.1) is 13.0 Å². The number of benzene rings is 2. The maximum Gasteiger partial charge on any atom is 0.226 e. The first-order valence-corrected chi connectivity index (χ1v) is 10.2. The van der Waals surface area contributed by atoms with Crippen LogP contribution in [0, 0.1) is 0 Å². The van der Waals surface area contributed by atoms with Crippen molar-refractivity contribution in [2.24, 2.45) is 4.99 Å². The minimum atomic E-state index is -0.606. The van der Waals surface area contributed by atoms with E-state index >= 15 is 0 Å². The van der Waals surface area contributed by atoms with E-state index in [-0.39, 0.29) is 5.91 Å². The van der Waals surface area contributed by atoms with Gasteiger partial charge in [0.25, 0.3) is 0 Å². The number of nitrogens with one attached hydrogen (secondary N) is 1. The molecule has 0 saturated carbocycles. The van der Waals surface area contributed by atoms with Crippen LogP contribution in [0.15, 0.2) is 53.5 Å². The topological polar surface area (TPSA) is 63.2 Å². The summed E-state index contributed by atoms with van der Waals surface area (Å²) in [5.74, 6) is 1.65. The van der Waals surface area contributed by atoms with E-state index in [1.807, 2.05) is 60.4 Å². The fourth-order valence-corrected chi connectivity index (χ4v) is 3.73. The molecule has 1 spiro atoms. The molecule has 6 nitrogen and oxygen atoms in total. The molecule has 1 fully saturated rings. The standard InChI is InChI=1S/C22H24ClN3O3/c1-2-28-19-9-3-16(4-10-19)15-20(27)26-13-11-22(12-14-26)24-21(25-29-22)17-5-7-18(23)8-6-17/h3-10H,2,11-15H2,1H3,(H,24,25). The smallest absolute Gasteiger partial charge is 0.226 e. The quantitative estimate of drug-likeness (QED) is 0.813. The molecule has 4 rings (SSSR count). The van der Waals surface area contributed by atoms with Gasteiger partial charge in [-0.25, -0.2) is 15.3 Å². The van der Waals surface area contributed by atoms with Gasteiger partial charge in [0.2, 0.25) is 5.91 Å². The van der Waals surface area contributed by atoms with E-state index in [9.17, 15) is 4.79 Å². The Labute approximate surface area is 175 Å². The summed E-state index contributed by atoms with van der Waals surface area (Å²) in [6, 6.07) is 15.2. The highest BCUT2D eigenvalue weighted by molar-refractivity contribution is 6.30. The van der Waals surface area contributed by atoms with Gasteiger partial charge in [-0.3, -0.25) is 4.79 Å². The second-order valence-electron chi connectivity index (χ2n) is 7.25. The third-order valence-electron chi connectivity index (χ3n) is 5.26. The van der Waals surface area contributed by atoms with E-state index in [2.05, 4.69) is 5.48 Å². The number of likely N-dealkylation sites (tertiary alicyclic amines) is 1. The van der Waals surface area contributed by atoms with Crippen LogP contribution >= 0.6 is 11.6 Å². The van der Waals surface area contributed by atoms with Gasteiger partial charge in [0.1, 0.15) is 5.75 Å². The van der Waals surface area contributed by atoms with Crippen LogP contribution < -0.4 is 10.2 Å². The van der Waals surface area contributed by atoms with Gasteiger partial charge >= 0.3 is 0 Å². The molecule has 0 aromatic heterocycles. The molecule has 7 heteroatoms. The van der Waals surface area contributed by atoms with Crippen molar-refractivity contribution in [2.75, 3.05) is 19.7 Å². The van der Waals surface area contributed by atoms with Crippen molar-refractivity contribution >= 4 is 23.3 Å². The molecule has 0 bridgehead atoms. The Morgan fingerprint density at radius 2 is 1.86 bits per heavy atom. The van der Waals surface area contributed by atoms with Gasteiger partial charge in [-0.05, 0) is 48.9 Å². The van der Waals surface area contributed by atoms with Crippen LogP contribution in [0.5, 0.6) is 5.75 Å². The van der Waals surface area contributed by atoms with Crippen molar-refractivity contribution in [1.82, 2.24) is 10.4 Å². The summed E-state index contributed by atoms with van der Waals surface area (Å²) in [6.07, 6.45) is 1.70. The Morgan fingerprint density at radius 1 is 1.17 bits per heavy atom. The molecule has 1 amide bonds. The van der Waals surface area contributed by atoms with Gasteiger partial charge in [-0.1, -0.05) is 23.7 Å². The molecule has 0 aliphatic carbocycles. The zero-order valence-electron chi connectivity index (χ0n) is 16.4. The number of piperidine rings is 1. The van der Waals surface area contributed by atoms with Gasteiger partial charge in [-0.2, -0.15) is 0 Å². The number of carbonyl (C=O) groups excluding carboxylic acids is 1. The van der Waals surface area contributed by atoms with E-state index in [0.29, 0.717) is 49.8 Å². The molecule has 0 atom stereocenters. The Balaban J connectivity index is 1.34. The largest absolute Gasteiger partial charge is 0.494 e. The average Bonchev–Trinajstić information content (AvgIpc) is 3.14. The first-order chi connectivity index (χ1) is 14.1. The molecular formula is C22H24ClN3O3. The van der Waals surface area contributed by atoms with Crippen molar-refractivity contribution in [3.8, 4) is 5.75 Å². The SMILES string of the molecule is CCOc1ccc(CC(=O)N2CCC3(CC2)N=C(c2ccc(Cl)cc2)NO3)cc1. The lowest BCUT2D eigenvalue weighted by molar-refractivity contribution is -0.138. The molecule has 2 aliphatic heterocycles. The van der Waals surface area contributed by atoms with E-state index in [0.717, 1.165) is 16.9 Å². The number of hydrogen-bond acceptors (Lipinski definition) is 5. The Bertz CT molecular complexity index is 889. The minimum absolute atomic E-state index is 0.122. The fourth-order valence-electron chi connectivity index (χ4n) is 3.60. The van der Waals surface area contributed by atoms with Crippen LogP contribution in [-0.2, 0) is 16.1 Å². The number of aliphatic imine (C=N–C) groups is 1. The number of amides is 1. The summed E-state index contributed by atoms with van der Waals surface area (Å²) in [5, 5.41) is 0.683. The molecule has 2 aromatic carbocycles. The average molecular weight is 414 g/mol. The molecule has 1 saturated heterocycles. The molecule has 0 radical (unpaired) electrons. The van der Waals surface area contributed by atoms with Crippen LogP contribution in [0.3, 0.4) is 0 Å². The van der Waals surface area contributed by atoms with E-state index in [1.54, 1.807) is 0 Å². The van der Waals surface area contributed by atoms with E-state index in [4.69, 9.17) is 26.2 Å². The molecule has 2 aliphatic rings. The zero-order valence-corrected chi connectivity index (χ0v) is 17.1. The summed E-state index contributed by atoms with van der Waals surface area (Å²) < 4.78 is 5.45. The monoisotopic (exact) mass is 413 g/mol. The molecule has 0 unspecified atom stereocenters. The van der Waals surface area contributed by atoms with Crippen molar-refractivity contribution in [3.05, 3.63) is 64.7 Å². The van der Waals surface area contributed by atoms with E-state index in [1.165, 1.54) is 0 Å². The van der Waals surface area contributed by atoms with Gasteiger partial charge < -0.3 is 9.64 Å². The van der Waals surface area contributed by atoms with Crippen molar-refractivity contribution < 1.29 is 14.4 Å². The predicted molar refractivity (Wildman–Crippen MR) is 112 cm³/mol. The lowest BCUT2D eigenvalue weighted by Crippen LogP contribution is -2.47. The third-order valence-corrected chi connectivity index (χ3v) is 5.51. The number of ether oxygens (including phenoxy) is 1. The first kappa shape index (κ1) is 19.7. The van der Waals surface area contributed by atoms with Crippen LogP contribution in [0.25, 0.3) is 0 Å². The summed E-state index contributed by atoms with van der Waals surface area (Å²) in [4.78, 5) is 25.2. The zero-order chi connectivity index (χ0) is 20.3. The van der Waals surface area contributed by atoms with Crippen LogP contribution in [0.4, 0.5) is 0 Å². The lowest BCUT2D eigenvalue weighted by Gasteiger charge is -2.35. The van der Waals surface area contributed by atoms with Crippen molar-refractivity contribution in [3.63, 3.8) is 0 Å². The van der Waals surface area contributed by atoms with Gasteiger partial charge in [0, 0.05) is 36.5 Å². The number of hydroxylamine groups is 1. The Hall–Kier alpha value is -2.57. The first-order valence-electron chi connectivity index (χ1n) is 9.86. The summed E-state index contributed by atoms with van der Waals surface area (Å²) >= 11 is 5.95. The second-order valence-corrected chi connectivity index (χ2v) is 7.69. The fraction of sp³-hybridized carbons (Fsp3) is 0.364. The normalized spacial score (nSPS) is 17.7. The van der Waals surface area contributed by atoms with Crippen LogP contribution in [-0.4, -0.2) is 42.1 Å². The molecule has 2 heterocycles. The van der Waals surface area contributed by atoms with Gasteiger partial charge in [-0.15, -0.1) is 0 Å². The van der Waals surface area contributed by atoms with Crippen molar-refractivity contribution in [2.45, 2.75) is 31.9 Å². The number of rotatable bonds is 5. The maximum atomic E-state index is 12.7. The third kappa shape index (κ3) is 4.54.